The van der Waals surface area contributed by atoms with Crippen LogP contribution in [0.1, 0.15) is 6.42 Å². The summed E-state index contributed by atoms with van der Waals surface area (Å²) < 4.78 is 7.47. The molecule has 140 valence electrons. The third-order valence-electron chi connectivity index (χ3n) is 5.26. The molecule has 0 unspecified atom stereocenters. The van der Waals surface area contributed by atoms with Crippen LogP contribution in [0.2, 0.25) is 0 Å². The molecule has 1 saturated heterocycles. The Balaban J connectivity index is 1.74. The molecule has 0 N–H and O–H groups in total. The Morgan fingerprint density at radius 1 is 1.00 bits per heavy atom. The summed E-state index contributed by atoms with van der Waals surface area (Å²) in [5, 5.41) is 5.71. The highest BCUT2D eigenvalue weighted by Gasteiger charge is 2.22. The number of aromatic nitrogens is 4. The molecule has 3 heterocycles. The molecule has 1 fully saturated rings. The SMILES string of the molecule is COc1cc2ncnc(-c3cn(C)nc3-c3ccccc3)c2cc1N1CCC1. The van der Waals surface area contributed by atoms with E-state index in [9.17, 15) is 0 Å². The number of aryl methyl sites for hydroxylation is 1. The number of anilines is 1. The fourth-order valence-corrected chi connectivity index (χ4v) is 3.73. The molecule has 6 nitrogen and oxygen atoms in total. The molecular weight excluding hydrogens is 350 g/mol. The van der Waals surface area contributed by atoms with Crippen molar-refractivity contribution in [3.05, 3.63) is 55.0 Å². The highest BCUT2D eigenvalue weighted by molar-refractivity contribution is 5.98. The van der Waals surface area contributed by atoms with E-state index in [1.807, 2.05) is 42.2 Å². The van der Waals surface area contributed by atoms with Crippen LogP contribution < -0.4 is 9.64 Å². The van der Waals surface area contributed by atoms with Crippen molar-refractivity contribution in [2.24, 2.45) is 7.05 Å². The number of methoxy groups -OCH3 is 1. The highest BCUT2D eigenvalue weighted by atomic mass is 16.5. The normalized spacial score (nSPS) is 13.6. The predicted octanol–water partition coefficient (Wildman–Crippen LogP) is 3.92. The molecule has 0 aliphatic carbocycles. The second-order valence-corrected chi connectivity index (χ2v) is 7.04. The summed E-state index contributed by atoms with van der Waals surface area (Å²) in [5.41, 5.74) is 5.85. The Kier molecular flexibility index (Phi) is 3.97. The lowest BCUT2D eigenvalue weighted by Crippen LogP contribution is -2.37. The standard InChI is InChI=1S/C22H21N5O/c1-26-13-17(21(25-26)15-7-4-3-5-8-15)22-16-11-19(27-9-6-10-27)20(28-2)12-18(16)23-14-24-22/h3-5,7-8,11-14H,6,9-10H2,1-2H3. The number of hydrogen-bond acceptors (Lipinski definition) is 5. The predicted molar refractivity (Wildman–Crippen MR) is 111 cm³/mol. The first-order valence-corrected chi connectivity index (χ1v) is 9.42. The Labute approximate surface area is 163 Å². The quantitative estimate of drug-likeness (QED) is 0.544. The summed E-state index contributed by atoms with van der Waals surface area (Å²) in [4.78, 5) is 11.5. The number of benzene rings is 2. The fourth-order valence-electron chi connectivity index (χ4n) is 3.73. The summed E-state index contributed by atoms with van der Waals surface area (Å²) in [7, 11) is 3.65. The monoisotopic (exact) mass is 371 g/mol. The van der Waals surface area contributed by atoms with Crippen molar-refractivity contribution in [3.8, 4) is 28.3 Å². The molecule has 1 aliphatic heterocycles. The van der Waals surface area contributed by atoms with Gasteiger partial charge in [0.05, 0.1) is 24.0 Å². The van der Waals surface area contributed by atoms with Gasteiger partial charge < -0.3 is 9.64 Å². The molecule has 0 saturated carbocycles. The van der Waals surface area contributed by atoms with Crippen molar-refractivity contribution in [1.82, 2.24) is 19.7 Å². The highest BCUT2D eigenvalue weighted by Crippen LogP contribution is 2.39. The van der Waals surface area contributed by atoms with Gasteiger partial charge in [-0.1, -0.05) is 30.3 Å². The minimum atomic E-state index is 0.853. The molecule has 5 rings (SSSR count). The van der Waals surface area contributed by atoms with Crippen LogP contribution in [-0.2, 0) is 7.05 Å². The van der Waals surface area contributed by atoms with E-state index in [0.29, 0.717) is 0 Å². The maximum Gasteiger partial charge on any atom is 0.144 e. The summed E-state index contributed by atoms with van der Waals surface area (Å²) in [6, 6.07) is 14.4. The van der Waals surface area contributed by atoms with E-state index in [2.05, 4.69) is 33.1 Å². The molecule has 0 atom stereocenters. The topological polar surface area (TPSA) is 56.1 Å². The Morgan fingerprint density at radius 2 is 1.82 bits per heavy atom. The van der Waals surface area contributed by atoms with Gasteiger partial charge in [-0.3, -0.25) is 4.68 Å². The third kappa shape index (κ3) is 2.69. The van der Waals surface area contributed by atoms with Crippen LogP contribution in [0.5, 0.6) is 5.75 Å². The lowest BCUT2D eigenvalue weighted by atomic mass is 10.0. The van der Waals surface area contributed by atoms with Gasteiger partial charge >= 0.3 is 0 Å². The molecule has 28 heavy (non-hydrogen) atoms. The fraction of sp³-hybridized carbons (Fsp3) is 0.227. The maximum absolute atomic E-state index is 5.63. The average molecular weight is 371 g/mol. The van der Waals surface area contributed by atoms with Crippen LogP contribution in [0, 0.1) is 0 Å². The van der Waals surface area contributed by atoms with Crippen LogP contribution in [0.4, 0.5) is 5.69 Å². The van der Waals surface area contributed by atoms with Crippen molar-refractivity contribution in [2.45, 2.75) is 6.42 Å². The lowest BCUT2D eigenvalue weighted by molar-refractivity contribution is 0.412. The number of ether oxygens (including phenoxy) is 1. The molecule has 0 spiro atoms. The van der Waals surface area contributed by atoms with E-state index in [1.165, 1.54) is 6.42 Å². The number of fused-ring (bicyclic) bond motifs is 1. The second kappa shape index (κ2) is 6.64. The third-order valence-corrected chi connectivity index (χ3v) is 5.26. The smallest absolute Gasteiger partial charge is 0.144 e. The van der Waals surface area contributed by atoms with Crippen LogP contribution in [0.25, 0.3) is 33.4 Å². The van der Waals surface area contributed by atoms with E-state index in [0.717, 1.165) is 57.9 Å². The molecule has 6 heteroatoms. The summed E-state index contributed by atoms with van der Waals surface area (Å²) >= 11 is 0. The van der Waals surface area contributed by atoms with E-state index in [4.69, 9.17) is 9.84 Å². The Morgan fingerprint density at radius 3 is 2.54 bits per heavy atom. The van der Waals surface area contributed by atoms with Gasteiger partial charge in [0.1, 0.15) is 17.8 Å². The molecule has 0 bridgehead atoms. The Bertz CT molecular complexity index is 1150. The zero-order chi connectivity index (χ0) is 19.1. The van der Waals surface area contributed by atoms with Gasteiger partial charge in [-0.25, -0.2) is 9.97 Å². The van der Waals surface area contributed by atoms with Gasteiger partial charge in [-0.2, -0.15) is 5.10 Å². The molecule has 4 aromatic rings. The molecular formula is C22H21N5O. The van der Waals surface area contributed by atoms with E-state index in [1.54, 1.807) is 13.4 Å². The van der Waals surface area contributed by atoms with Crippen molar-refractivity contribution in [1.29, 1.82) is 0 Å². The minimum Gasteiger partial charge on any atom is -0.495 e. The first-order valence-electron chi connectivity index (χ1n) is 9.42. The van der Waals surface area contributed by atoms with Gasteiger partial charge in [-0.05, 0) is 12.5 Å². The van der Waals surface area contributed by atoms with E-state index < -0.39 is 0 Å². The van der Waals surface area contributed by atoms with Crippen LogP contribution >= 0.6 is 0 Å². The van der Waals surface area contributed by atoms with Crippen molar-refractivity contribution < 1.29 is 4.74 Å². The zero-order valence-corrected chi connectivity index (χ0v) is 16.0. The van der Waals surface area contributed by atoms with E-state index in [-0.39, 0.29) is 0 Å². The maximum atomic E-state index is 5.63. The van der Waals surface area contributed by atoms with Gasteiger partial charge in [0.15, 0.2) is 0 Å². The largest absolute Gasteiger partial charge is 0.495 e. The lowest BCUT2D eigenvalue weighted by Gasteiger charge is -2.34. The number of nitrogens with zero attached hydrogens (tertiary/aromatic N) is 5. The zero-order valence-electron chi connectivity index (χ0n) is 16.0. The van der Waals surface area contributed by atoms with Crippen molar-refractivity contribution in [2.75, 3.05) is 25.1 Å². The molecule has 0 amide bonds. The first-order chi connectivity index (χ1) is 13.7. The first kappa shape index (κ1) is 16.7. The van der Waals surface area contributed by atoms with E-state index >= 15 is 0 Å². The average Bonchev–Trinajstić information content (AvgIpc) is 3.08. The van der Waals surface area contributed by atoms with Gasteiger partial charge in [0.25, 0.3) is 0 Å². The van der Waals surface area contributed by atoms with Crippen LogP contribution in [0.15, 0.2) is 55.0 Å². The van der Waals surface area contributed by atoms with Crippen LogP contribution in [-0.4, -0.2) is 39.9 Å². The molecule has 0 radical (unpaired) electrons. The summed E-state index contributed by atoms with van der Waals surface area (Å²) in [6.45, 7) is 2.10. The van der Waals surface area contributed by atoms with Crippen molar-refractivity contribution in [3.63, 3.8) is 0 Å². The summed E-state index contributed by atoms with van der Waals surface area (Å²) in [6.07, 6.45) is 4.85. The Hall–Kier alpha value is -3.41. The molecule has 1 aliphatic rings. The van der Waals surface area contributed by atoms with Gasteiger partial charge in [-0.15, -0.1) is 0 Å². The molecule has 2 aromatic heterocycles. The van der Waals surface area contributed by atoms with Crippen LogP contribution in [0.3, 0.4) is 0 Å². The van der Waals surface area contributed by atoms with Gasteiger partial charge in [0, 0.05) is 48.9 Å². The van der Waals surface area contributed by atoms with Crippen molar-refractivity contribution >= 4 is 16.6 Å². The molecule has 2 aromatic carbocycles. The van der Waals surface area contributed by atoms with Gasteiger partial charge in [0.2, 0.25) is 0 Å². The summed E-state index contributed by atoms with van der Waals surface area (Å²) in [5.74, 6) is 0.853. The minimum absolute atomic E-state index is 0.853. The number of rotatable bonds is 4. The number of hydrogen-bond donors (Lipinski definition) is 0. The second-order valence-electron chi connectivity index (χ2n) is 7.04.